The van der Waals surface area contributed by atoms with E-state index in [1.807, 2.05) is 6.92 Å². The van der Waals surface area contributed by atoms with Gasteiger partial charge in [-0.05, 0) is 19.4 Å². The van der Waals surface area contributed by atoms with Crippen LogP contribution in [0.1, 0.15) is 19.4 Å². The quantitative estimate of drug-likeness (QED) is 0.450. The molecule has 0 aliphatic carbocycles. The minimum absolute atomic E-state index is 0.0519. The fourth-order valence-corrected chi connectivity index (χ4v) is 1.90. The van der Waals surface area contributed by atoms with Crippen molar-refractivity contribution >= 4 is 17.5 Å². The molecule has 20 heavy (non-hydrogen) atoms. The van der Waals surface area contributed by atoms with Gasteiger partial charge in [0.2, 0.25) is 5.82 Å². The Balaban J connectivity index is 3.06. The van der Waals surface area contributed by atoms with Gasteiger partial charge in [-0.3, -0.25) is 14.9 Å². The van der Waals surface area contributed by atoms with Gasteiger partial charge >= 0.3 is 11.7 Å². The van der Waals surface area contributed by atoms with Crippen molar-refractivity contribution in [3.63, 3.8) is 0 Å². The smallest absolute Gasteiger partial charge is 0.311 e. The van der Waals surface area contributed by atoms with E-state index in [1.165, 1.54) is 13.2 Å². The van der Waals surface area contributed by atoms with Crippen LogP contribution in [0.2, 0.25) is 0 Å². The highest BCUT2D eigenvalue weighted by molar-refractivity contribution is 5.73. The Morgan fingerprint density at radius 3 is 2.75 bits per heavy atom. The summed E-state index contributed by atoms with van der Waals surface area (Å²) in [5.41, 5.74) is 0.668. The van der Waals surface area contributed by atoms with Gasteiger partial charge in [-0.25, -0.2) is 4.98 Å². The van der Waals surface area contributed by atoms with Gasteiger partial charge in [0.25, 0.3) is 0 Å². The molecule has 0 amide bonds. The number of pyridine rings is 1. The van der Waals surface area contributed by atoms with Crippen LogP contribution in [0.15, 0.2) is 12.3 Å². The van der Waals surface area contributed by atoms with Crippen LogP contribution in [0, 0.1) is 23.0 Å². The minimum atomic E-state index is -0.458. The molecule has 0 bridgehead atoms. The third kappa shape index (κ3) is 3.66. The van der Waals surface area contributed by atoms with Gasteiger partial charge in [-0.1, -0.05) is 6.92 Å². The van der Waals surface area contributed by atoms with Gasteiger partial charge in [0.05, 0.1) is 18.0 Å². The SMILES string of the molecule is CCN(C[C@@H](C)C(=O)OC)c1ncc(C)cc1[N+](=O)[O-]. The minimum Gasteiger partial charge on any atom is -0.469 e. The third-order valence-corrected chi connectivity index (χ3v) is 2.96. The summed E-state index contributed by atoms with van der Waals surface area (Å²) < 4.78 is 4.67. The monoisotopic (exact) mass is 281 g/mol. The van der Waals surface area contributed by atoms with E-state index in [0.717, 1.165) is 5.56 Å². The Bertz CT molecular complexity index is 504. The lowest BCUT2D eigenvalue weighted by molar-refractivity contribution is -0.384. The molecule has 7 nitrogen and oxygen atoms in total. The summed E-state index contributed by atoms with van der Waals surface area (Å²) in [5.74, 6) is -0.459. The molecular weight excluding hydrogens is 262 g/mol. The summed E-state index contributed by atoms with van der Waals surface area (Å²) in [6, 6.07) is 1.48. The van der Waals surface area contributed by atoms with Crippen molar-refractivity contribution < 1.29 is 14.5 Å². The van der Waals surface area contributed by atoms with Gasteiger partial charge in [0, 0.05) is 25.4 Å². The molecule has 0 unspecified atom stereocenters. The van der Waals surface area contributed by atoms with Crippen LogP contribution < -0.4 is 4.90 Å². The molecule has 1 aromatic heterocycles. The van der Waals surface area contributed by atoms with Crippen molar-refractivity contribution in [3.05, 3.63) is 27.9 Å². The van der Waals surface area contributed by atoms with Gasteiger partial charge in [0.1, 0.15) is 0 Å². The Labute approximate surface area is 117 Å². The molecule has 0 N–H and O–H groups in total. The molecule has 0 aliphatic heterocycles. The molecule has 0 fully saturated rings. The first-order valence-electron chi connectivity index (χ1n) is 6.34. The van der Waals surface area contributed by atoms with Crippen LogP contribution in [0.25, 0.3) is 0 Å². The molecule has 0 spiro atoms. The number of aromatic nitrogens is 1. The highest BCUT2D eigenvalue weighted by Gasteiger charge is 2.24. The largest absolute Gasteiger partial charge is 0.469 e. The fraction of sp³-hybridized carbons (Fsp3) is 0.538. The van der Waals surface area contributed by atoms with E-state index in [-0.39, 0.29) is 23.4 Å². The molecule has 1 heterocycles. The summed E-state index contributed by atoms with van der Waals surface area (Å²) in [6.07, 6.45) is 1.58. The maximum Gasteiger partial charge on any atom is 0.311 e. The average Bonchev–Trinajstić information content (AvgIpc) is 2.43. The van der Waals surface area contributed by atoms with Crippen molar-refractivity contribution in [2.45, 2.75) is 20.8 Å². The highest BCUT2D eigenvalue weighted by atomic mass is 16.6. The van der Waals surface area contributed by atoms with Crippen molar-refractivity contribution in [3.8, 4) is 0 Å². The number of ether oxygens (including phenoxy) is 1. The second kappa shape index (κ2) is 6.83. The lowest BCUT2D eigenvalue weighted by Gasteiger charge is -2.24. The normalized spacial score (nSPS) is 11.8. The summed E-state index contributed by atoms with van der Waals surface area (Å²) in [7, 11) is 1.32. The molecule has 0 aliphatic rings. The average molecular weight is 281 g/mol. The fourth-order valence-electron chi connectivity index (χ4n) is 1.90. The molecule has 1 aromatic rings. The van der Waals surface area contributed by atoms with E-state index in [4.69, 9.17) is 0 Å². The van der Waals surface area contributed by atoms with Crippen LogP contribution in [0.3, 0.4) is 0 Å². The van der Waals surface area contributed by atoms with E-state index in [1.54, 1.807) is 24.9 Å². The molecule has 7 heteroatoms. The first-order chi connectivity index (χ1) is 9.40. The summed E-state index contributed by atoms with van der Waals surface area (Å²) >= 11 is 0. The molecule has 0 saturated heterocycles. The molecule has 110 valence electrons. The van der Waals surface area contributed by atoms with Gasteiger partial charge < -0.3 is 9.64 Å². The lowest BCUT2D eigenvalue weighted by Crippen LogP contribution is -2.33. The van der Waals surface area contributed by atoms with Crippen LogP contribution in [0.4, 0.5) is 11.5 Å². The van der Waals surface area contributed by atoms with Crippen LogP contribution >= 0.6 is 0 Å². The molecular formula is C13H19N3O4. The first-order valence-corrected chi connectivity index (χ1v) is 6.34. The number of esters is 1. The zero-order chi connectivity index (χ0) is 15.3. The summed E-state index contributed by atoms with van der Waals surface area (Å²) in [5, 5.41) is 11.1. The standard InChI is InChI=1S/C13H19N3O4/c1-5-15(8-10(3)13(17)20-4)12-11(16(18)19)6-9(2)7-14-12/h6-7,10H,5,8H2,1-4H3/t10-/m1/s1. The van der Waals surface area contributed by atoms with Crippen LogP contribution in [-0.4, -0.2) is 36.1 Å². The second-order valence-corrected chi connectivity index (χ2v) is 4.58. The number of carbonyl (C=O) groups is 1. The number of nitrogens with zero attached hydrogens (tertiary/aromatic N) is 3. The number of anilines is 1. The van der Waals surface area contributed by atoms with E-state index >= 15 is 0 Å². The molecule has 0 aromatic carbocycles. The van der Waals surface area contributed by atoms with Crippen molar-refractivity contribution in [1.82, 2.24) is 4.98 Å². The zero-order valence-corrected chi connectivity index (χ0v) is 12.1. The number of methoxy groups -OCH3 is 1. The molecule has 1 atom stereocenters. The summed E-state index contributed by atoms with van der Waals surface area (Å²) in [6.45, 7) is 6.15. The van der Waals surface area contributed by atoms with Crippen LogP contribution in [0.5, 0.6) is 0 Å². The second-order valence-electron chi connectivity index (χ2n) is 4.58. The number of carbonyl (C=O) groups excluding carboxylic acids is 1. The van der Waals surface area contributed by atoms with Crippen molar-refractivity contribution in [1.29, 1.82) is 0 Å². The van der Waals surface area contributed by atoms with Gasteiger partial charge in [-0.2, -0.15) is 0 Å². The number of aryl methyl sites for hydroxylation is 1. The third-order valence-electron chi connectivity index (χ3n) is 2.96. The number of rotatable bonds is 6. The van der Waals surface area contributed by atoms with Crippen molar-refractivity contribution in [2.75, 3.05) is 25.1 Å². The predicted molar refractivity (Wildman–Crippen MR) is 74.7 cm³/mol. The Hall–Kier alpha value is -2.18. The van der Waals surface area contributed by atoms with Gasteiger partial charge in [0.15, 0.2) is 0 Å². The Morgan fingerprint density at radius 1 is 1.60 bits per heavy atom. The zero-order valence-electron chi connectivity index (χ0n) is 12.1. The maximum absolute atomic E-state index is 11.5. The number of nitro groups is 1. The molecule has 0 saturated carbocycles. The van der Waals surface area contributed by atoms with E-state index in [2.05, 4.69) is 9.72 Å². The molecule has 0 radical (unpaired) electrons. The van der Waals surface area contributed by atoms with Crippen molar-refractivity contribution in [2.24, 2.45) is 5.92 Å². The van der Waals surface area contributed by atoms with E-state index < -0.39 is 4.92 Å². The van der Waals surface area contributed by atoms with Gasteiger partial charge in [-0.15, -0.1) is 0 Å². The Kier molecular flexibility index (Phi) is 5.42. The van der Waals surface area contributed by atoms with E-state index in [0.29, 0.717) is 13.1 Å². The van der Waals surface area contributed by atoms with Crippen LogP contribution in [-0.2, 0) is 9.53 Å². The lowest BCUT2D eigenvalue weighted by atomic mass is 10.1. The number of hydrogen-bond acceptors (Lipinski definition) is 6. The summed E-state index contributed by atoms with van der Waals surface area (Å²) in [4.78, 5) is 28.0. The highest BCUT2D eigenvalue weighted by Crippen LogP contribution is 2.26. The number of hydrogen-bond donors (Lipinski definition) is 0. The van der Waals surface area contributed by atoms with E-state index in [9.17, 15) is 14.9 Å². The maximum atomic E-state index is 11.5. The Morgan fingerprint density at radius 2 is 2.25 bits per heavy atom. The first kappa shape index (κ1) is 15.9. The topological polar surface area (TPSA) is 85.6 Å². The molecule has 1 rings (SSSR count). The predicted octanol–water partition coefficient (Wildman–Crippen LogP) is 1.93.